The average Bonchev–Trinajstić information content (AvgIpc) is 2.47. The molecule has 2 aromatic carbocycles. The fraction of sp³-hybridized carbons (Fsp3) is 0.368. The Morgan fingerprint density at radius 2 is 1.55 bits per heavy atom. The minimum Gasteiger partial charge on any atom is -0.247 e. The van der Waals surface area contributed by atoms with Gasteiger partial charge >= 0.3 is 0 Å². The van der Waals surface area contributed by atoms with Crippen LogP contribution in [-0.4, -0.2) is 6.17 Å². The highest BCUT2D eigenvalue weighted by atomic mass is 19.1. The van der Waals surface area contributed by atoms with Crippen LogP contribution in [0.2, 0.25) is 0 Å². The monoisotopic (exact) mass is 306 g/mol. The van der Waals surface area contributed by atoms with Gasteiger partial charge < -0.3 is 0 Å². The Kier molecular flexibility index (Phi) is 5.28. The molecule has 0 saturated carbocycles. The van der Waals surface area contributed by atoms with Gasteiger partial charge in [-0.2, -0.15) is 0 Å². The lowest BCUT2D eigenvalue weighted by atomic mass is 9.90. The third-order valence-corrected chi connectivity index (χ3v) is 3.91. The Labute approximate surface area is 130 Å². The molecule has 0 heterocycles. The first-order chi connectivity index (χ1) is 10.4. The molecule has 0 aliphatic carbocycles. The topological polar surface area (TPSA) is 0 Å². The molecule has 22 heavy (non-hydrogen) atoms. The summed E-state index contributed by atoms with van der Waals surface area (Å²) in [6.45, 7) is 5.72. The molecular weight excluding hydrogens is 285 g/mol. The smallest absolute Gasteiger partial charge is 0.131 e. The highest BCUT2D eigenvalue weighted by Crippen LogP contribution is 2.30. The van der Waals surface area contributed by atoms with Crippen molar-refractivity contribution in [1.82, 2.24) is 0 Å². The molecule has 2 aromatic rings. The SMILES string of the molecule is CC(C)CC(F)C(C)c1ccc(-c2ccc(F)cc2)c(F)c1. The normalized spacial score (nSPS) is 14.1. The molecule has 0 radical (unpaired) electrons. The fourth-order valence-corrected chi connectivity index (χ4v) is 2.54. The maximum absolute atomic E-state index is 14.3. The van der Waals surface area contributed by atoms with Gasteiger partial charge in [0.1, 0.15) is 17.8 Å². The van der Waals surface area contributed by atoms with E-state index in [1.165, 1.54) is 30.3 Å². The molecule has 0 nitrogen and oxygen atoms in total. The summed E-state index contributed by atoms with van der Waals surface area (Å²) in [5, 5.41) is 0. The maximum Gasteiger partial charge on any atom is 0.131 e. The lowest BCUT2D eigenvalue weighted by Gasteiger charge is -2.19. The van der Waals surface area contributed by atoms with E-state index < -0.39 is 12.0 Å². The summed E-state index contributed by atoms with van der Waals surface area (Å²) >= 11 is 0. The quantitative estimate of drug-likeness (QED) is 0.624. The highest BCUT2D eigenvalue weighted by molar-refractivity contribution is 5.64. The van der Waals surface area contributed by atoms with E-state index in [1.54, 1.807) is 19.1 Å². The molecule has 0 aliphatic heterocycles. The molecule has 0 N–H and O–H groups in total. The van der Waals surface area contributed by atoms with Crippen molar-refractivity contribution in [3.8, 4) is 11.1 Å². The Morgan fingerprint density at radius 1 is 0.909 bits per heavy atom. The average molecular weight is 306 g/mol. The van der Waals surface area contributed by atoms with Gasteiger partial charge in [0.05, 0.1) is 0 Å². The second-order valence-corrected chi connectivity index (χ2v) is 6.18. The van der Waals surface area contributed by atoms with Crippen molar-refractivity contribution < 1.29 is 13.2 Å². The summed E-state index contributed by atoms with van der Waals surface area (Å²) in [5.41, 5.74) is 1.66. The van der Waals surface area contributed by atoms with Gasteiger partial charge in [0.2, 0.25) is 0 Å². The van der Waals surface area contributed by atoms with Gasteiger partial charge in [-0.1, -0.05) is 45.0 Å². The Morgan fingerprint density at radius 3 is 2.09 bits per heavy atom. The van der Waals surface area contributed by atoms with Crippen molar-refractivity contribution in [2.24, 2.45) is 5.92 Å². The van der Waals surface area contributed by atoms with Crippen molar-refractivity contribution in [3.05, 3.63) is 59.7 Å². The van der Waals surface area contributed by atoms with Crippen molar-refractivity contribution >= 4 is 0 Å². The fourth-order valence-electron chi connectivity index (χ4n) is 2.54. The number of halogens is 3. The first kappa shape index (κ1) is 16.6. The van der Waals surface area contributed by atoms with Crippen molar-refractivity contribution in [1.29, 1.82) is 0 Å². The predicted octanol–water partition coefficient (Wildman–Crippen LogP) is 6.12. The Bertz CT molecular complexity index is 617. The van der Waals surface area contributed by atoms with E-state index in [2.05, 4.69) is 0 Å². The molecular formula is C19H21F3. The number of hydrogen-bond acceptors (Lipinski definition) is 0. The van der Waals surface area contributed by atoms with E-state index in [0.29, 0.717) is 23.1 Å². The zero-order valence-corrected chi connectivity index (χ0v) is 13.1. The second kappa shape index (κ2) is 6.99. The zero-order valence-electron chi connectivity index (χ0n) is 13.1. The van der Waals surface area contributed by atoms with Crippen LogP contribution in [0.25, 0.3) is 11.1 Å². The van der Waals surface area contributed by atoms with Crippen LogP contribution in [0, 0.1) is 17.6 Å². The maximum atomic E-state index is 14.3. The number of hydrogen-bond donors (Lipinski definition) is 0. The van der Waals surface area contributed by atoms with Crippen molar-refractivity contribution in [2.75, 3.05) is 0 Å². The largest absolute Gasteiger partial charge is 0.247 e. The molecule has 2 rings (SSSR count). The van der Waals surface area contributed by atoms with Crippen LogP contribution in [0.4, 0.5) is 13.2 Å². The van der Waals surface area contributed by atoms with Crippen molar-refractivity contribution in [2.45, 2.75) is 39.3 Å². The summed E-state index contributed by atoms with van der Waals surface area (Å²) < 4.78 is 41.4. The minimum atomic E-state index is -0.990. The Hall–Kier alpha value is -1.77. The molecule has 0 aromatic heterocycles. The van der Waals surface area contributed by atoms with Crippen molar-refractivity contribution in [3.63, 3.8) is 0 Å². The van der Waals surface area contributed by atoms with Gasteiger partial charge in [-0.05, 0) is 41.7 Å². The molecule has 3 heteroatoms. The molecule has 0 bridgehead atoms. The first-order valence-electron chi connectivity index (χ1n) is 7.58. The van der Waals surface area contributed by atoms with E-state index in [-0.39, 0.29) is 17.7 Å². The van der Waals surface area contributed by atoms with E-state index in [1.807, 2.05) is 13.8 Å². The second-order valence-electron chi connectivity index (χ2n) is 6.18. The number of rotatable bonds is 5. The molecule has 0 aliphatic rings. The molecule has 118 valence electrons. The lowest BCUT2D eigenvalue weighted by Crippen LogP contribution is -2.13. The van der Waals surface area contributed by atoms with Gasteiger partial charge in [-0.3, -0.25) is 0 Å². The van der Waals surface area contributed by atoms with Crippen LogP contribution in [0.5, 0.6) is 0 Å². The Balaban J connectivity index is 2.24. The summed E-state index contributed by atoms with van der Waals surface area (Å²) in [4.78, 5) is 0. The van der Waals surface area contributed by atoms with Gasteiger partial charge in [0, 0.05) is 11.5 Å². The molecule has 0 saturated heterocycles. The first-order valence-corrected chi connectivity index (χ1v) is 7.58. The van der Waals surface area contributed by atoms with Gasteiger partial charge in [-0.25, -0.2) is 13.2 Å². The third-order valence-electron chi connectivity index (χ3n) is 3.91. The van der Waals surface area contributed by atoms with Gasteiger partial charge in [0.15, 0.2) is 0 Å². The zero-order chi connectivity index (χ0) is 16.3. The minimum absolute atomic E-state index is 0.265. The van der Waals surface area contributed by atoms with Crippen LogP contribution in [0.1, 0.15) is 38.7 Å². The van der Waals surface area contributed by atoms with Crippen LogP contribution >= 0.6 is 0 Å². The summed E-state index contributed by atoms with van der Waals surface area (Å²) in [7, 11) is 0. The van der Waals surface area contributed by atoms with Gasteiger partial charge in [0.25, 0.3) is 0 Å². The molecule has 0 spiro atoms. The summed E-state index contributed by atoms with van der Waals surface area (Å²) in [6, 6.07) is 10.4. The highest BCUT2D eigenvalue weighted by Gasteiger charge is 2.20. The molecule has 2 atom stereocenters. The number of benzene rings is 2. The van der Waals surface area contributed by atoms with Crippen LogP contribution in [0.15, 0.2) is 42.5 Å². The summed E-state index contributed by atoms with van der Waals surface area (Å²) in [6.07, 6.45) is -0.529. The van der Waals surface area contributed by atoms with Crippen LogP contribution < -0.4 is 0 Å². The molecule has 2 unspecified atom stereocenters. The summed E-state index contributed by atoms with van der Waals surface area (Å²) in [5.74, 6) is -0.851. The third kappa shape index (κ3) is 3.90. The molecule has 0 amide bonds. The number of alkyl halides is 1. The van der Waals surface area contributed by atoms with E-state index in [4.69, 9.17) is 0 Å². The van der Waals surface area contributed by atoms with Crippen LogP contribution in [-0.2, 0) is 0 Å². The van der Waals surface area contributed by atoms with E-state index in [9.17, 15) is 13.2 Å². The predicted molar refractivity (Wildman–Crippen MR) is 84.6 cm³/mol. The lowest BCUT2D eigenvalue weighted by molar-refractivity contribution is 0.247. The van der Waals surface area contributed by atoms with Crippen LogP contribution in [0.3, 0.4) is 0 Å². The molecule has 0 fully saturated rings. The standard InChI is InChI=1S/C19H21F3/c1-12(2)10-18(21)13(3)15-6-9-17(19(22)11-15)14-4-7-16(20)8-5-14/h4-9,11-13,18H,10H2,1-3H3. The van der Waals surface area contributed by atoms with Gasteiger partial charge in [-0.15, -0.1) is 0 Å². The van der Waals surface area contributed by atoms with E-state index >= 15 is 0 Å². The van der Waals surface area contributed by atoms with E-state index in [0.717, 1.165) is 0 Å².